The van der Waals surface area contributed by atoms with Crippen molar-refractivity contribution in [2.45, 2.75) is 38.1 Å². The van der Waals surface area contributed by atoms with Crippen LogP contribution in [0.5, 0.6) is 0 Å². The standard InChI is InChI=1S/C11H17N3O2S/c12-8(15)7-3-1-6-14(7)10(16)11(9(13)17)4-2-5-11/h7H,1-6H2,(H2,12,15)(H2,13,17). The van der Waals surface area contributed by atoms with E-state index in [0.717, 1.165) is 12.8 Å². The van der Waals surface area contributed by atoms with E-state index in [1.165, 1.54) is 0 Å². The molecule has 0 bridgehead atoms. The quantitative estimate of drug-likeness (QED) is 0.690. The fourth-order valence-electron chi connectivity index (χ4n) is 2.68. The fourth-order valence-corrected chi connectivity index (χ4v) is 2.97. The Bertz CT molecular complexity index is 379. The van der Waals surface area contributed by atoms with Crippen LogP contribution in [0.15, 0.2) is 0 Å². The number of hydrogen-bond donors (Lipinski definition) is 2. The molecule has 1 aliphatic heterocycles. The molecule has 1 heterocycles. The van der Waals surface area contributed by atoms with Crippen molar-refractivity contribution in [3.8, 4) is 0 Å². The Kier molecular flexibility index (Phi) is 3.07. The summed E-state index contributed by atoms with van der Waals surface area (Å²) in [5.41, 5.74) is 10.3. The van der Waals surface area contributed by atoms with E-state index >= 15 is 0 Å². The highest BCUT2D eigenvalue weighted by molar-refractivity contribution is 7.80. The van der Waals surface area contributed by atoms with Crippen LogP contribution in [0.1, 0.15) is 32.1 Å². The van der Waals surface area contributed by atoms with E-state index in [4.69, 9.17) is 23.7 Å². The zero-order valence-electron chi connectivity index (χ0n) is 9.65. The summed E-state index contributed by atoms with van der Waals surface area (Å²) in [7, 11) is 0. The second kappa shape index (κ2) is 4.25. The van der Waals surface area contributed by atoms with Crippen LogP contribution in [-0.2, 0) is 9.59 Å². The Morgan fingerprint density at radius 1 is 1.24 bits per heavy atom. The number of rotatable bonds is 3. The van der Waals surface area contributed by atoms with Crippen LogP contribution in [-0.4, -0.2) is 34.3 Å². The highest BCUT2D eigenvalue weighted by Crippen LogP contribution is 2.44. The third kappa shape index (κ3) is 1.80. The van der Waals surface area contributed by atoms with Gasteiger partial charge in [-0.3, -0.25) is 9.59 Å². The molecular weight excluding hydrogens is 238 g/mol. The molecule has 5 nitrogen and oxygen atoms in total. The minimum absolute atomic E-state index is 0.0995. The molecule has 94 valence electrons. The van der Waals surface area contributed by atoms with E-state index < -0.39 is 17.4 Å². The van der Waals surface area contributed by atoms with Gasteiger partial charge in [-0.1, -0.05) is 18.6 Å². The summed E-state index contributed by atoms with van der Waals surface area (Å²) in [6.45, 7) is 0.580. The molecule has 1 aliphatic carbocycles. The van der Waals surface area contributed by atoms with Gasteiger partial charge in [0.05, 0.1) is 10.4 Å². The van der Waals surface area contributed by atoms with E-state index in [1.54, 1.807) is 4.90 Å². The van der Waals surface area contributed by atoms with Crippen molar-refractivity contribution >= 4 is 29.0 Å². The first-order valence-electron chi connectivity index (χ1n) is 5.89. The first kappa shape index (κ1) is 12.3. The van der Waals surface area contributed by atoms with Gasteiger partial charge in [0.1, 0.15) is 6.04 Å². The van der Waals surface area contributed by atoms with Gasteiger partial charge in [0.15, 0.2) is 0 Å². The van der Waals surface area contributed by atoms with Crippen LogP contribution in [0.2, 0.25) is 0 Å². The molecular formula is C11H17N3O2S. The first-order valence-corrected chi connectivity index (χ1v) is 6.30. The van der Waals surface area contributed by atoms with Crippen LogP contribution in [0.25, 0.3) is 0 Å². The van der Waals surface area contributed by atoms with Crippen molar-refractivity contribution in [3.63, 3.8) is 0 Å². The van der Waals surface area contributed by atoms with Crippen molar-refractivity contribution in [2.75, 3.05) is 6.54 Å². The molecule has 1 saturated heterocycles. The number of amides is 2. The van der Waals surface area contributed by atoms with Crippen molar-refractivity contribution in [3.05, 3.63) is 0 Å². The predicted molar refractivity (Wildman–Crippen MR) is 67.0 cm³/mol. The molecule has 0 radical (unpaired) electrons. The minimum Gasteiger partial charge on any atom is -0.392 e. The molecule has 2 fully saturated rings. The zero-order chi connectivity index (χ0) is 12.6. The maximum atomic E-state index is 12.5. The van der Waals surface area contributed by atoms with Gasteiger partial charge in [-0.25, -0.2) is 0 Å². The lowest BCUT2D eigenvalue weighted by Crippen LogP contribution is -2.57. The van der Waals surface area contributed by atoms with Gasteiger partial charge in [-0.15, -0.1) is 0 Å². The Morgan fingerprint density at radius 3 is 2.29 bits per heavy atom. The van der Waals surface area contributed by atoms with E-state index in [1.807, 2.05) is 0 Å². The lowest BCUT2D eigenvalue weighted by atomic mass is 9.67. The van der Waals surface area contributed by atoms with E-state index in [-0.39, 0.29) is 10.9 Å². The molecule has 6 heteroatoms. The van der Waals surface area contributed by atoms with Gasteiger partial charge in [0.25, 0.3) is 0 Å². The van der Waals surface area contributed by atoms with Crippen molar-refractivity contribution in [1.82, 2.24) is 4.90 Å². The molecule has 1 atom stereocenters. The summed E-state index contributed by atoms with van der Waals surface area (Å²) in [6.07, 6.45) is 3.81. The number of nitrogens with zero attached hydrogens (tertiary/aromatic N) is 1. The monoisotopic (exact) mass is 255 g/mol. The van der Waals surface area contributed by atoms with Crippen molar-refractivity contribution < 1.29 is 9.59 Å². The van der Waals surface area contributed by atoms with E-state index in [0.29, 0.717) is 25.8 Å². The topological polar surface area (TPSA) is 89.4 Å². The summed E-state index contributed by atoms with van der Waals surface area (Å²) in [5, 5.41) is 0. The third-order valence-corrected chi connectivity index (χ3v) is 4.32. The maximum Gasteiger partial charge on any atom is 0.240 e. The molecule has 1 saturated carbocycles. The molecule has 4 N–H and O–H groups in total. The Hall–Kier alpha value is -1.17. The van der Waals surface area contributed by atoms with Crippen molar-refractivity contribution in [2.24, 2.45) is 16.9 Å². The fraction of sp³-hybridized carbons (Fsp3) is 0.727. The SMILES string of the molecule is NC(=O)C1CCCN1C(=O)C1(C(N)=S)CCC1. The summed E-state index contributed by atoms with van der Waals surface area (Å²) in [5.74, 6) is -0.536. The summed E-state index contributed by atoms with van der Waals surface area (Å²) in [6, 6.07) is -0.477. The Balaban J connectivity index is 2.19. The average molecular weight is 255 g/mol. The van der Waals surface area contributed by atoms with Crippen LogP contribution in [0.4, 0.5) is 0 Å². The zero-order valence-corrected chi connectivity index (χ0v) is 10.5. The van der Waals surface area contributed by atoms with Gasteiger partial charge in [0.2, 0.25) is 11.8 Å². The molecule has 0 aromatic rings. The first-order chi connectivity index (χ1) is 7.99. The van der Waals surface area contributed by atoms with Crippen LogP contribution < -0.4 is 11.5 Å². The Morgan fingerprint density at radius 2 is 1.88 bits per heavy atom. The highest BCUT2D eigenvalue weighted by Gasteiger charge is 2.51. The average Bonchev–Trinajstić information content (AvgIpc) is 2.62. The molecule has 2 amide bonds. The second-order valence-corrected chi connectivity index (χ2v) is 5.30. The lowest BCUT2D eigenvalue weighted by Gasteiger charge is -2.42. The predicted octanol–water partition coefficient (Wildman–Crippen LogP) is -0.0809. The Labute approximate surface area is 105 Å². The maximum absolute atomic E-state index is 12.5. The van der Waals surface area contributed by atoms with Gasteiger partial charge in [-0.05, 0) is 25.7 Å². The largest absolute Gasteiger partial charge is 0.392 e. The van der Waals surface area contributed by atoms with E-state index in [2.05, 4.69) is 0 Å². The van der Waals surface area contributed by atoms with Gasteiger partial charge in [-0.2, -0.15) is 0 Å². The number of carbonyl (C=O) groups is 2. The molecule has 2 aliphatic rings. The number of thiocarbonyl (C=S) groups is 1. The van der Waals surface area contributed by atoms with Crippen LogP contribution >= 0.6 is 12.2 Å². The smallest absolute Gasteiger partial charge is 0.240 e. The lowest BCUT2D eigenvalue weighted by molar-refractivity contribution is -0.146. The normalized spacial score (nSPS) is 26.4. The highest BCUT2D eigenvalue weighted by atomic mass is 32.1. The van der Waals surface area contributed by atoms with Crippen LogP contribution in [0, 0.1) is 5.41 Å². The van der Waals surface area contributed by atoms with Gasteiger partial charge < -0.3 is 16.4 Å². The number of nitrogens with two attached hydrogens (primary N) is 2. The summed E-state index contributed by atoms with van der Waals surface area (Å²) < 4.78 is 0. The molecule has 17 heavy (non-hydrogen) atoms. The van der Waals surface area contributed by atoms with Crippen molar-refractivity contribution in [1.29, 1.82) is 0 Å². The summed E-state index contributed by atoms with van der Waals surface area (Å²) in [4.78, 5) is 25.6. The third-order valence-electron chi connectivity index (χ3n) is 3.93. The number of carbonyl (C=O) groups excluding carboxylic acids is 2. The van der Waals surface area contributed by atoms with Crippen LogP contribution in [0.3, 0.4) is 0 Å². The molecule has 0 spiro atoms. The van der Waals surface area contributed by atoms with Gasteiger partial charge >= 0.3 is 0 Å². The molecule has 0 aromatic heterocycles. The molecule has 1 unspecified atom stereocenters. The second-order valence-electron chi connectivity index (χ2n) is 4.86. The minimum atomic E-state index is -0.701. The number of primary amides is 1. The van der Waals surface area contributed by atoms with E-state index in [9.17, 15) is 9.59 Å². The summed E-state index contributed by atoms with van der Waals surface area (Å²) >= 11 is 5.01. The molecule has 0 aromatic carbocycles. The number of hydrogen-bond acceptors (Lipinski definition) is 3. The molecule has 2 rings (SSSR count). The van der Waals surface area contributed by atoms with Gasteiger partial charge in [0, 0.05) is 6.54 Å². The number of likely N-dealkylation sites (tertiary alicyclic amines) is 1.